The molecule has 0 saturated heterocycles. The number of hydrogen-bond acceptors (Lipinski definition) is 4. The van der Waals surface area contributed by atoms with Crippen molar-refractivity contribution in [1.82, 2.24) is 4.98 Å². The molecule has 0 aliphatic rings. The maximum absolute atomic E-state index is 12.6. The molecule has 1 amide bonds. The molecule has 0 aliphatic carbocycles. The van der Waals surface area contributed by atoms with Crippen LogP contribution in [0.2, 0.25) is 5.02 Å². The highest BCUT2D eigenvalue weighted by atomic mass is 35.5. The molecule has 2 aromatic carbocycles. The van der Waals surface area contributed by atoms with Crippen molar-refractivity contribution in [2.75, 3.05) is 17.2 Å². The number of carbonyl (C=O) groups is 1. The molecule has 5 nitrogen and oxygen atoms in total. The van der Waals surface area contributed by atoms with Gasteiger partial charge in [-0.15, -0.1) is 0 Å². The molecular formula is C21H20ClN3O2. The number of hydrogen-bond donors (Lipinski definition) is 2. The number of benzene rings is 2. The number of nitrogens with zero attached hydrogens (tertiary/aromatic N) is 1. The number of anilines is 3. The van der Waals surface area contributed by atoms with E-state index in [1.54, 1.807) is 24.4 Å². The number of carbonyl (C=O) groups excluding carboxylic acids is 1. The monoisotopic (exact) mass is 381 g/mol. The van der Waals surface area contributed by atoms with Crippen LogP contribution in [0, 0.1) is 6.92 Å². The van der Waals surface area contributed by atoms with E-state index in [0.29, 0.717) is 28.6 Å². The van der Waals surface area contributed by atoms with Crippen molar-refractivity contribution in [2.24, 2.45) is 0 Å². The van der Waals surface area contributed by atoms with Crippen LogP contribution >= 0.6 is 11.6 Å². The van der Waals surface area contributed by atoms with Crippen LogP contribution in [0.25, 0.3) is 0 Å². The van der Waals surface area contributed by atoms with Gasteiger partial charge in [-0.05, 0) is 49.7 Å². The van der Waals surface area contributed by atoms with Crippen molar-refractivity contribution >= 4 is 34.6 Å². The molecule has 0 spiro atoms. The van der Waals surface area contributed by atoms with Gasteiger partial charge in [0.15, 0.2) is 0 Å². The lowest BCUT2D eigenvalue weighted by Crippen LogP contribution is -2.13. The first-order chi connectivity index (χ1) is 13.1. The predicted octanol–water partition coefficient (Wildman–Crippen LogP) is 5.44. The van der Waals surface area contributed by atoms with E-state index in [0.717, 1.165) is 17.0 Å². The van der Waals surface area contributed by atoms with Crippen LogP contribution in [-0.2, 0) is 0 Å². The zero-order chi connectivity index (χ0) is 19.2. The smallest absolute Gasteiger partial charge is 0.257 e. The van der Waals surface area contributed by atoms with Gasteiger partial charge in [0, 0.05) is 16.9 Å². The largest absolute Gasteiger partial charge is 0.492 e. The minimum atomic E-state index is -0.255. The summed E-state index contributed by atoms with van der Waals surface area (Å²) >= 11 is 6.02. The van der Waals surface area contributed by atoms with Gasteiger partial charge >= 0.3 is 0 Å². The molecule has 27 heavy (non-hydrogen) atoms. The highest BCUT2D eigenvalue weighted by molar-refractivity contribution is 6.31. The lowest BCUT2D eigenvalue weighted by Gasteiger charge is -2.13. The van der Waals surface area contributed by atoms with Crippen LogP contribution in [0.3, 0.4) is 0 Å². The third-order valence-corrected chi connectivity index (χ3v) is 4.15. The molecule has 1 aromatic heterocycles. The number of amides is 1. The lowest BCUT2D eigenvalue weighted by atomic mass is 10.2. The summed E-state index contributed by atoms with van der Waals surface area (Å²) in [6.45, 7) is 4.41. The van der Waals surface area contributed by atoms with Gasteiger partial charge in [0.1, 0.15) is 5.75 Å². The first kappa shape index (κ1) is 18.7. The highest BCUT2D eigenvalue weighted by Crippen LogP contribution is 2.27. The maximum atomic E-state index is 12.6. The Morgan fingerprint density at radius 2 is 1.93 bits per heavy atom. The fourth-order valence-corrected chi connectivity index (χ4v) is 2.73. The van der Waals surface area contributed by atoms with E-state index in [1.165, 1.54) is 6.20 Å². The Morgan fingerprint density at radius 1 is 1.11 bits per heavy atom. The molecule has 0 saturated carbocycles. The maximum Gasteiger partial charge on any atom is 0.257 e. The summed E-state index contributed by atoms with van der Waals surface area (Å²) in [6.07, 6.45) is 3.18. The van der Waals surface area contributed by atoms with Crippen LogP contribution < -0.4 is 15.4 Å². The summed E-state index contributed by atoms with van der Waals surface area (Å²) in [4.78, 5) is 16.8. The van der Waals surface area contributed by atoms with Gasteiger partial charge < -0.3 is 15.4 Å². The van der Waals surface area contributed by atoms with Crippen molar-refractivity contribution in [2.45, 2.75) is 13.8 Å². The van der Waals surface area contributed by atoms with Crippen LogP contribution in [0.4, 0.5) is 17.1 Å². The molecule has 0 aliphatic heterocycles. The standard InChI is InChI=1S/C21H20ClN3O2/c1-3-27-20-7-5-4-6-18(20)24-17-10-15(12-23-13-17)21(26)25-19-11-16(22)9-8-14(19)2/h4-13,24H,3H2,1-2H3,(H,25,26). The molecule has 0 atom stereocenters. The molecule has 3 aromatic rings. The van der Waals surface area contributed by atoms with E-state index < -0.39 is 0 Å². The van der Waals surface area contributed by atoms with E-state index in [4.69, 9.17) is 16.3 Å². The van der Waals surface area contributed by atoms with E-state index in [2.05, 4.69) is 15.6 Å². The van der Waals surface area contributed by atoms with Crippen molar-refractivity contribution in [1.29, 1.82) is 0 Å². The lowest BCUT2D eigenvalue weighted by molar-refractivity contribution is 0.102. The highest BCUT2D eigenvalue weighted by Gasteiger charge is 2.11. The van der Waals surface area contributed by atoms with Gasteiger partial charge in [0.25, 0.3) is 5.91 Å². The zero-order valence-electron chi connectivity index (χ0n) is 15.1. The predicted molar refractivity (Wildman–Crippen MR) is 109 cm³/mol. The summed E-state index contributed by atoms with van der Waals surface area (Å²) in [5.41, 5.74) is 3.54. The Hall–Kier alpha value is -3.05. The molecule has 0 fully saturated rings. The minimum absolute atomic E-state index is 0.255. The number of halogens is 1. The Balaban J connectivity index is 1.79. The first-order valence-electron chi connectivity index (χ1n) is 8.58. The molecule has 2 N–H and O–H groups in total. The molecular weight excluding hydrogens is 362 g/mol. The third kappa shape index (κ3) is 4.77. The van der Waals surface area contributed by atoms with Gasteiger partial charge in [-0.1, -0.05) is 29.8 Å². The number of rotatable bonds is 6. The van der Waals surface area contributed by atoms with Crippen molar-refractivity contribution in [3.8, 4) is 5.75 Å². The number of para-hydroxylation sites is 2. The number of pyridine rings is 1. The van der Waals surface area contributed by atoms with E-state index >= 15 is 0 Å². The second kappa shape index (κ2) is 8.56. The first-order valence-corrected chi connectivity index (χ1v) is 8.96. The summed E-state index contributed by atoms with van der Waals surface area (Å²) in [5, 5.41) is 6.69. The molecule has 1 heterocycles. The fraction of sp³-hybridized carbons (Fsp3) is 0.143. The quantitative estimate of drug-likeness (QED) is 0.597. The van der Waals surface area contributed by atoms with Crippen molar-refractivity contribution in [3.05, 3.63) is 77.1 Å². The Kier molecular flexibility index (Phi) is 5.94. The Morgan fingerprint density at radius 3 is 2.74 bits per heavy atom. The summed E-state index contributed by atoms with van der Waals surface area (Å²) in [7, 11) is 0. The second-order valence-corrected chi connectivity index (χ2v) is 6.37. The second-order valence-electron chi connectivity index (χ2n) is 5.93. The van der Waals surface area contributed by atoms with Gasteiger partial charge in [-0.3, -0.25) is 9.78 Å². The van der Waals surface area contributed by atoms with Gasteiger partial charge in [0.2, 0.25) is 0 Å². The fourth-order valence-electron chi connectivity index (χ4n) is 2.56. The van der Waals surface area contributed by atoms with Crippen LogP contribution in [0.1, 0.15) is 22.8 Å². The number of nitrogens with one attached hydrogen (secondary N) is 2. The minimum Gasteiger partial charge on any atom is -0.492 e. The average Bonchev–Trinajstić information content (AvgIpc) is 2.67. The van der Waals surface area contributed by atoms with Crippen LogP contribution in [-0.4, -0.2) is 17.5 Å². The number of ether oxygens (including phenoxy) is 1. The number of aryl methyl sites for hydroxylation is 1. The third-order valence-electron chi connectivity index (χ3n) is 3.91. The van der Waals surface area contributed by atoms with Crippen LogP contribution in [0.15, 0.2) is 60.9 Å². The van der Waals surface area contributed by atoms with E-state index in [1.807, 2.05) is 44.2 Å². The van der Waals surface area contributed by atoms with Gasteiger partial charge in [-0.2, -0.15) is 0 Å². The molecule has 138 valence electrons. The molecule has 0 radical (unpaired) electrons. The average molecular weight is 382 g/mol. The molecule has 3 rings (SSSR count). The van der Waals surface area contributed by atoms with Crippen molar-refractivity contribution < 1.29 is 9.53 Å². The van der Waals surface area contributed by atoms with E-state index in [-0.39, 0.29) is 5.91 Å². The van der Waals surface area contributed by atoms with E-state index in [9.17, 15) is 4.79 Å². The van der Waals surface area contributed by atoms with Gasteiger partial charge in [-0.25, -0.2) is 0 Å². The topological polar surface area (TPSA) is 63.2 Å². The van der Waals surface area contributed by atoms with Gasteiger partial charge in [0.05, 0.1) is 29.7 Å². The summed E-state index contributed by atoms with van der Waals surface area (Å²) < 4.78 is 5.62. The zero-order valence-corrected chi connectivity index (χ0v) is 15.9. The summed E-state index contributed by atoms with van der Waals surface area (Å²) in [5.74, 6) is 0.485. The molecule has 0 unspecified atom stereocenters. The number of aromatic nitrogens is 1. The molecule has 6 heteroatoms. The SMILES string of the molecule is CCOc1ccccc1Nc1cncc(C(=O)Nc2cc(Cl)ccc2C)c1. The Bertz CT molecular complexity index is 960. The molecule has 0 bridgehead atoms. The normalized spacial score (nSPS) is 10.3. The summed E-state index contributed by atoms with van der Waals surface area (Å²) in [6, 6.07) is 14.7. The Labute approximate surface area is 163 Å². The van der Waals surface area contributed by atoms with Crippen LogP contribution in [0.5, 0.6) is 5.75 Å². The van der Waals surface area contributed by atoms with Crippen molar-refractivity contribution in [3.63, 3.8) is 0 Å².